The minimum atomic E-state index is 0.0950. The minimum absolute atomic E-state index is 0.0950. The predicted octanol–water partition coefficient (Wildman–Crippen LogP) is 5.46. The average Bonchev–Trinajstić information content (AvgIpc) is 3.16. The van der Waals surface area contributed by atoms with Crippen LogP contribution in [-0.4, -0.2) is 20.9 Å². The van der Waals surface area contributed by atoms with Gasteiger partial charge in [-0.25, -0.2) is 4.98 Å². The zero-order valence-corrected chi connectivity index (χ0v) is 17.3. The molecular formula is C24H21N3OS. The Hall–Kier alpha value is -3.10. The SMILES string of the molecule is CCc1ccc(C(=O)CSc2cc(CC)c(C#N)c3nc4ccccc4n23)cc1. The Labute approximate surface area is 174 Å². The van der Waals surface area contributed by atoms with Crippen LogP contribution < -0.4 is 0 Å². The number of rotatable bonds is 6. The smallest absolute Gasteiger partial charge is 0.173 e. The molecule has 0 aliphatic rings. The first kappa shape index (κ1) is 19.2. The van der Waals surface area contributed by atoms with Crippen molar-refractivity contribution in [3.05, 3.63) is 76.9 Å². The van der Waals surface area contributed by atoms with Crippen LogP contribution in [-0.2, 0) is 12.8 Å². The molecule has 4 rings (SSSR count). The van der Waals surface area contributed by atoms with Crippen molar-refractivity contribution < 1.29 is 4.79 Å². The molecule has 2 heterocycles. The normalized spacial score (nSPS) is 11.1. The van der Waals surface area contributed by atoms with Gasteiger partial charge in [-0.1, -0.05) is 62.0 Å². The lowest BCUT2D eigenvalue weighted by atomic mass is 10.1. The van der Waals surface area contributed by atoms with E-state index in [0.29, 0.717) is 17.0 Å². The molecule has 29 heavy (non-hydrogen) atoms. The summed E-state index contributed by atoms with van der Waals surface area (Å²) in [6.07, 6.45) is 1.70. The van der Waals surface area contributed by atoms with Gasteiger partial charge in [-0.15, -0.1) is 0 Å². The summed E-state index contributed by atoms with van der Waals surface area (Å²) in [7, 11) is 0. The number of carbonyl (C=O) groups is 1. The fourth-order valence-corrected chi connectivity index (χ4v) is 4.49. The number of nitriles is 1. The van der Waals surface area contributed by atoms with Crippen LogP contribution in [0.2, 0.25) is 0 Å². The summed E-state index contributed by atoms with van der Waals surface area (Å²) in [5, 5.41) is 10.6. The van der Waals surface area contributed by atoms with Crippen LogP contribution in [0.3, 0.4) is 0 Å². The van der Waals surface area contributed by atoms with Gasteiger partial charge in [-0.3, -0.25) is 9.20 Å². The van der Waals surface area contributed by atoms with Crippen molar-refractivity contribution in [2.45, 2.75) is 31.7 Å². The van der Waals surface area contributed by atoms with E-state index in [1.807, 2.05) is 65.9 Å². The monoisotopic (exact) mass is 399 g/mol. The van der Waals surface area contributed by atoms with E-state index in [1.165, 1.54) is 17.3 Å². The molecule has 0 fully saturated rings. The highest BCUT2D eigenvalue weighted by Crippen LogP contribution is 2.30. The number of carbonyl (C=O) groups excluding carboxylic acids is 1. The maximum absolute atomic E-state index is 12.7. The maximum Gasteiger partial charge on any atom is 0.173 e. The number of fused-ring (bicyclic) bond motifs is 3. The van der Waals surface area contributed by atoms with Crippen molar-refractivity contribution in [3.8, 4) is 6.07 Å². The molecule has 0 aliphatic carbocycles. The van der Waals surface area contributed by atoms with Crippen molar-refractivity contribution in [1.29, 1.82) is 5.26 Å². The van der Waals surface area contributed by atoms with E-state index in [2.05, 4.69) is 13.0 Å². The molecule has 144 valence electrons. The maximum atomic E-state index is 12.7. The molecular weight excluding hydrogens is 378 g/mol. The fourth-order valence-electron chi connectivity index (χ4n) is 3.50. The van der Waals surface area contributed by atoms with Gasteiger partial charge in [0, 0.05) is 5.56 Å². The Morgan fingerprint density at radius 2 is 1.86 bits per heavy atom. The number of hydrogen-bond donors (Lipinski definition) is 0. The number of Topliss-reactive ketones (excluding diaryl/α,β-unsaturated/α-hetero) is 1. The summed E-state index contributed by atoms with van der Waals surface area (Å²) in [5.74, 6) is 0.430. The van der Waals surface area contributed by atoms with Gasteiger partial charge < -0.3 is 0 Å². The molecule has 4 aromatic rings. The van der Waals surface area contributed by atoms with Gasteiger partial charge in [-0.2, -0.15) is 5.26 Å². The number of para-hydroxylation sites is 2. The molecule has 0 spiro atoms. The molecule has 0 radical (unpaired) electrons. The molecule has 5 heteroatoms. The van der Waals surface area contributed by atoms with Crippen LogP contribution in [0.1, 0.15) is 40.9 Å². The first-order valence-corrected chi connectivity index (χ1v) is 10.7. The van der Waals surface area contributed by atoms with E-state index in [0.717, 1.165) is 40.0 Å². The highest BCUT2D eigenvalue weighted by atomic mass is 32.2. The van der Waals surface area contributed by atoms with Gasteiger partial charge in [0.05, 0.1) is 27.4 Å². The van der Waals surface area contributed by atoms with Crippen molar-refractivity contribution >= 4 is 34.2 Å². The third kappa shape index (κ3) is 3.52. The predicted molar refractivity (Wildman–Crippen MR) is 118 cm³/mol. The number of benzene rings is 2. The van der Waals surface area contributed by atoms with Gasteiger partial charge in [0.25, 0.3) is 0 Å². The molecule has 0 atom stereocenters. The second-order valence-electron chi connectivity index (χ2n) is 6.87. The van der Waals surface area contributed by atoms with E-state index in [4.69, 9.17) is 4.98 Å². The molecule has 2 aromatic carbocycles. The lowest BCUT2D eigenvalue weighted by Crippen LogP contribution is -2.05. The Bertz CT molecular complexity index is 1250. The highest BCUT2D eigenvalue weighted by molar-refractivity contribution is 8.00. The standard InChI is InChI=1S/C24H21N3OS/c1-3-16-9-11-18(12-10-16)22(28)15-29-23-13-17(4-2)19(14-25)24-26-20-7-5-6-8-21(20)27(23)24/h5-13H,3-4,15H2,1-2H3. The molecule has 2 aromatic heterocycles. The summed E-state index contributed by atoms with van der Waals surface area (Å²) < 4.78 is 2.01. The van der Waals surface area contributed by atoms with Crippen LogP contribution in [0, 0.1) is 11.3 Å². The van der Waals surface area contributed by atoms with Gasteiger partial charge in [-0.05, 0) is 42.2 Å². The Balaban J connectivity index is 1.74. The number of nitrogens with zero attached hydrogens (tertiary/aromatic N) is 3. The summed E-state index contributed by atoms with van der Waals surface area (Å²) in [6, 6.07) is 20.0. The van der Waals surface area contributed by atoms with Gasteiger partial charge in [0.1, 0.15) is 6.07 Å². The zero-order chi connectivity index (χ0) is 20.4. The summed E-state index contributed by atoms with van der Waals surface area (Å²) in [4.78, 5) is 17.4. The molecule has 0 saturated carbocycles. The van der Waals surface area contributed by atoms with Crippen LogP contribution >= 0.6 is 11.8 Å². The Morgan fingerprint density at radius 3 is 2.55 bits per heavy atom. The topological polar surface area (TPSA) is 58.2 Å². The van der Waals surface area contributed by atoms with E-state index in [9.17, 15) is 10.1 Å². The Kier molecular flexibility index (Phi) is 5.37. The van der Waals surface area contributed by atoms with Crippen molar-refractivity contribution in [2.75, 3.05) is 5.75 Å². The molecule has 0 amide bonds. The Morgan fingerprint density at radius 1 is 1.10 bits per heavy atom. The van der Waals surface area contributed by atoms with Crippen molar-refractivity contribution in [2.24, 2.45) is 0 Å². The van der Waals surface area contributed by atoms with Crippen LogP contribution in [0.5, 0.6) is 0 Å². The van der Waals surface area contributed by atoms with Crippen LogP contribution in [0.15, 0.2) is 59.6 Å². The quantitative estimate of drug-likeness (QED) is 0.319. The number of thioether (sulfide) groups is 1. The number of imidazole rings is 1. The lowest BCUT2D eigenvalue weighted by molar-refractivity contribution is 0.102. The first-order valence-electron chi connectivity index (χ1n) is 9.74. The zero-order valence-electron chi connectivity index (χ0n) is 16.5. The van der Waals surface area contributed by atoms with E-state index in [1.54, 1.807) is 0 Å². The van der Waals surface area contributed by atoms with Gasteiger partial charge >= 0.3 is 0 Å². The van der Waals surface area contributed by atoms with Crippen LogP contribution in [0.4, 0.5) is 0 Å². The summed E-state index contributed by atoms with van der Waals surface area (Å²) in [5.41, 5.74) is 5.97. The number of ketones is 1. The van der Waals surface area contributed by atoms with E-state index < -0.39 is 0 Å². The van der Waals surface area contributed by atoms with Gasteiger partial charge in [0.2, 0.25) is 0 Å². The third-order valence-corrected chi connectivity index (χ3v) is 6.15. The van der Waals surface area contributed by atoms with Crippen molar-refractivity contribution in [3.63, 3.8) is 0 Å². The average molecular weight is 400 g/mol. The molecule has 4 nitrogen and oxygen atoms in total. The van der Waals surface area contributed by atoms with E-state index in [-0.39, 0.29) is 5.78 Å². The van der Waals surface area contributed by atoms with Crippen LogP contribution in [0.25, 0.3) is 16.7 Å². The second kappa shape index (κ2) is 8.10. The lowest BCUT2D eigenvalue weighted by Gasteiger charge is -2.11. The molecule has 0 N–H and O–H groups in total. The number of pyridine rings is 1. The third-order valence-electron chi connectivity index (χ3n) is 5.15. The van der Waals surface area contributed by atoms with Gasteiger partial charge in [0.15, 0.2) is 11.4 Å². The molecule has 0 saturated heterocycles. The number of hydrogen-bond acceptors (Lipinski definition) is 4. The summed E-state index contributed by atoms with van der Waals surface area (Å²) in [6.45, 7) is 4.13. The summed E-state index contributed by atoms with van der Waals surface area (Å²) >= 11 is 1.50. The highest BCUT2D eigenvalue weighted by Gasteiger charge is 2.17. The molecule has 0 bridgehead atoms. The minimum Gasteiger partial charge on any atom is -0.293 e. The molecule has 0 unspecified atom stereocenters. The first-order chi connectivity index (χ1) is 14.2. The van der Waals surface area contributed by atoms with E-state index >= 15 is 0 Å². The number of aryl methyl sites for hydroxylation is 2. The van der Waals surface area contributed by atoms with Crippen molar-refractivity contribution in [1.82, 2.24) is 9.38 Å². The fraction of sp³-hybridized carbons (Fsp3) is 0.208. The number of aromatic nitrogens is 2. The second-order valence-corrected chi connectivity index (χ2v) is 7.87. The molecule has 0 aliphatic heterocycles. The largest absolute Gasteiger partial charge is 0.293 e.